The first kappa shape index (κ1) is 75.7. The van der Waals surface area contributed by atoms with Crippen LogP contribution < -0.4 is 0 Å². The van der Waals surface area contributed by atoms with Gasteiger partial charge in [-0.3, -0.25) is 47.9 Å². The highest BCUT2D eigenvalue weighted by Crippen LogP contribution is 2.51. The summed E-state index contributed by atoms with van der Waals surface area (Å²) in [5.74, 6) is -67.2. The number of ether oxygens (including phenoxy) is 12. The molecule has 1 aliphatic rings. The third kappa shape index (κ3) is 16.4. The van der Waals surface area contributed by atoms with Crippen molar-refractivity contribution in [2.45, 2.75) is 230 Å². The van der Waals surface area contributed by atoms with Crippen LogP contribution in [0.4, 0.5) is 0 Å². The standard InChI is InChI=1S/C50H78O34/c1-11-20-33(57)75-45(76-34(58)21-12-2,50(80-35(59)22-13-3,81-36(60)23-14-4)82-37(61)24-15-5)42(66)84-49(72,83-41(65)27(10)44(68)40(64)39(63)38(62)28(25-51)73-44)48(71,79-32(56)19-9)47(70,78-31(55)18-8)46(69,77-30(54)17-7)43(67,26-52)74-29(53)16-6/h27-28,38-40,51-52,62-64,67-72H,11-26H2,1-10H3/t27?,28-,38-,39+,40-,43+,44?,46-,47-,48-,49?/m1/s1. The Balaban J connectivity index is 5.53. The Labute approximate surface area is 479 Å². The second-order valence-corrected chi connectivity index (χ2v) is 18.6. The molecule has 0 bridgehead atoms. The fourth-order valence-electron chi connectivity index (χ4n) is 7.26. The smallest absolute Gasteiger partial charge is 0.423 e. The normalized spacial score (nSPS) is 21.9. The fraction of sp³-hybridized carbons (Fsp3) is 0.780. The predicted molar refractivity (Wildman–Crippen MR) is 264 cm³/mol. The van der Waals surface area contributed by atoms with E-state index in [1.807, 2.05) is 0 Å². The maximum atomic E-state index is 16.0. The average Bonchev–Trinajstić information content (AvgIpc) is 1.92. The molecule has 3 unspecified atom stereocenters. The quantitative estimate of drug-likeness (QED) is 0.0173. The van der Waals surface area contributed by atoms with Crippen molar-refractivity contribution in [1.82, 2.24) is 0 Å². The zero-order chi connectivity index (χ0) is 65.0. The first-order chi connectivity index (χ1) is 39.0. The molecule has 1 aliphatic heterocycles. The Morgan fingerprint density at radius 1 is 0.452 bits per heavy atom. The number of aliphatic hydroxyl groups excluding tert-OH is 5. The van der Waals surface area contributed by atoms with E-state index in [1.165, 1.54) is 34.6 Å². The first-order valence-corrected chi connectivity index (χ1v) is 26.7. The molecule has 0 aromatic rings. The average molecular weight is 1220 g/mol. The molecule has 0 radical (unpaired) electrons. The number of esters is 11. The molecule has 0 spiro atoms. The van der Waals surface area contributed by atoms with Gasteiger partial charge in [0.25, 0.3) is 0 Å². The van der Waals surface area contributed by atoms with Crippen molar-refractivity contribution < 1.29 is 166 Å². The largest absolute Gasteiger partial charge is 0.519 e. The fourth-order valence-corrected chi connectivity index (χ4v) is 7.26. The Bertz CT molecular complexity index is 2250. The lowest BCUT2D eigenvalue weighted by atomic mass is 9.85. The molecule has 1 rings (SSSR count). The van der Waals surface area contributed by atoms with Crippen LogP contribution in [0.2, 0.25) is 0 Å². The van der Waals surface area contributed by atoms with Gasteiger partial charge in [0, 0.05) is 57.8 Å². The van der Waals surface area contributed by atoms with E-state index in [0.29, 0.717) is 6.92 Å². The van der Waals surface area contributed by atoms with E-state index in [2.05, 4.69) is 0 Å². The summed E-state index contributed by atoms with van der Waals surface area (Å²) >= 11 is 0. The van der Waals surface area contributed by atoms with Gasteiger partial charge >= 0.3 is 107 Å². The summed E-state index contributed by atoms with van der Waals surface area (Å²) in [6.07, 6.45) is -20.6. The van der Waals surface area contributed by atoms with Gasteiger partial charge in [-0.15, -0.1) is 0 Å². The van der Waals surface area contributed by atoms with Gasteiger partial charge in [-0.05, 0) is 39.0 Å². The number of carbonyl (C=O) groups is 11. The SMILES string of the molecule is CCCC(=O)OC(OC(=O)CCC)(OC(=O)CCC)C(OC(=O)CCC)(OC(=O)CCC)C(=O)OC(O)(OC(=O)C(C)C1(O)O[C@H](CO)[C@@H](O)[C@H](O)[C@H]1O)[C@](O)(OC(=O)CC)[C@](O)(OC(=O)CC)[C@](O)(OC(=O)CC)[C@](O)(CO)OC(=O)CC. The van der Waals surface area contributed by atoms with Crippen molar-refractivity contribution in [3.63, 3.8) is 0 Å². The number of hydrogen-bond acceptors (Lipinski definition) is 34. The summed E-state index contributed by atoms with van der Waals surface area (Å²) < 4.78 is 61.6. The van der Waals surface area contributed by atoms with Gasteiger partial charge in [0.2, 0.25) is 5.79 Å². The highest BCUT2D eigenvalue weighted by atomic mass is 17.0. The van der Waals surface area contributed by atoms with Crippen molar-refractivity contribution in [1.29, 1.82) is 0 Å². The van der Waals surface area contributed by atoms with Crippen LogP contribution in [0, 0.1) is 5.92 Å². The van der Waals surface area contributed by atoms with E-state index in [1.54, 1.807) is 0 Å². The Hall–Kier alpha value is -6.31. The van der Waals surface area contributed by atoms with E-state index in [-0.39, 0.29) is 32.1 Å². The Morgan fingerprint density at radius 3 is 1.14 bits per heavy atom. The molecule has 0 aliphatic carbocycles. The van der Waals surface area contributed by atoms with Crippen LogP contribution >= 0.6 is 0 Å². The van der Waals surface area contributed by atoms with Crippen LogP contribution in [0.25, 0.3) is 0 Å². The Morgan fingerprint density at radius 2 is 0.798 bits per heavy atom. The lowest BCUT2D eigenvalue weighted by molar-refractivity contribution is -0.560. The summed E-state index contributed by atoms with van der Waals surface area (Å²) in [6.45, 7) is 6.53. The van der Waals surface area contributed by atoms with Crippen LogP contribution in [-0.2, 0) is 110 Å². The third-order valence-corrected chi connectivity index (χ3v) is 12.0. The van der Waals surface area contributed by atoms with Crippen LogP contribution in [0.3, 0.4) is 0 Å². The molecule has 0 saturated carbocycles. The third-order valence-electron chi connectivity index (χ3n) is 12.0. The van der Waals surface area contributed by atoms with Gasteiger partial charge in [0.1, 0.15) is 36.9 Å². The number of rotatable bonds is 35. The van der Waals surface area contributed by atoms with Crippen molar-refractivity contribution in [3.8, 4) is 0 Å². The minimum atomic E-state index is -5.94. The van der Waals surface area contributed by atoms with E-state index in [4.69, 9.17) is 56.8 Å². The summed E-state index contributed by atoms with van der Waals surface area (Å²) in [5, 5.41) is 129. The van der Waals surface area contributed by atoms with Crippen LogP contribution in [0.1, 0.15) is 159 Å². The maximum Gasteiger partial charge on any atom is 0.519 e. The highest BCUT2D eigenvalue weighted by molar-refractivity contribution is 5.89. The van der Waals surface area contributed by atoms with Gasteiger partial charge < -0.3 is 113 Å². The minimum absolute atomic E-state index is 0.249. The summed E-state index contributed by atoms with van der Waals surface area (Å²) in [5.41, 5.74) is 0. The highest BCUT2D eigenvalue weighted by Gasteiger charge is 2.89. The zero-order valence-electron chi connectivity index (χ0n) is 48.0. The van der Waals surface area contributed by atoms with Crippen molar-refractivity contribution in [3.05, 3.63) is 0 Å². The molecular formula is C50H78O34. The van der Waals surface area contributed by atoms with Gasteiger partial charge in [0.05, 0.1) is 6.61 Å². The van der Waals surface area contributed by atoms with E-state index in [9.17, 15) is 104 Å². The second-order valence-electron chi connectivity index (χ2n) is 18.6. The van der Waals surface area contributed by atoms with Gasteiger partial charge in [-0.2, -0.15) is 0 Å². The molecule has 34 heteroatoms. The zero-order valence-corrected chi connectivity index (χ0v) is 48.0. The summed E-state index contributed by atoms with van der Waals surface area (Å²) in [7, 11) is 0. The van der Waals surface area contributed by atoms with Crippen LogP contribution in [0.15, 0.2) is 0 Å². The molecule has 84 heavy (non-hydrogen) atoms. The molecule has 1 saturated heterocycles. The molecular weight excluding hydrogens is 1140 g/mol. The molecule has 0 amide bonds. The number of hydrogen-bond donors (Lipinski definition) is 11. The number of carbonyl (C=O) groups excluding carboxylic acids is 11. The molecule has 11 atom stereocenters. The topological polar surface area (TPSA) is 521 Å². The van der Waals surface area contributed by atoms with E-state index >= 15 is 4.79 Å². The van der Waals surface area contributed by atoms with Crippen molar-refractivity contribution in [2.24, 2.45) is 5.92 Å². The summed E-state index contributed by atoms with van der Waals surface area (Å²) in [4.78, 5) is 155. The minimum Gasteiger partial charge on any atom is -0.423 e. The van der Waals surface area contributed by atoms with Crippen LogP contribution in [0.5, 0.6) is 0 Å². The molecule has 0 aromatic heterocycles. The van der Waals surface area contributed by atoms with E-state index in [0.717, 1.165) is 27.7 Å². The second kappa shape index (κ2) is 31.7. The monoisotopic (exact) mass is 1220 g/mol. The molecule has 1 fully saturated rings. The first-order valence-electron chi connectivity index (χ1n) is 26.7. The molecule has 1 heterocycles. The molecule has 0 aromatic carbocycles. The van der Waals surface area contributed by atoms with E-state index < -0.39 is 214 Å². The molecule has 34 nitrogen and oxygen atoms in total. The predicted octanol–water partition coefficient (Wildman–Crippen LogP) is -2.86. The van der Waals surface area contributed by atoms with Gasteiger partial charge in [-0.1, -0.05) is 62.3 Å². The molecule has 11 N–H and O–H groups in total. The van der Waals surface area contributed by atoms with Crippen LogP contribution in [-0.4, -0.2) is 206 Å². The lowest BCUT2D eigenvalue weighted by Gasteiger charge is -2.54. The van der Waals surface area contributed by atoms with Crippen molar-refractivity contribution >= 4 is 65.7 Å². The Kier molecular flexibility index (Phi) is 28.6. The van der Waals surface area contributed by atoms with Gasteiger partial charge in [-0.25, -0.2) is 4.79 Å². The maximum absolute atomic E-state index is 16.0. The lowest BCUT2D eigenvalue weighted by Crippen LogP contribution is -2.86. The van der Waals surface area contributed by atoms with Crippen molar-refractivity contribution in [2.75, 3.05) is 13.2 Å². The van der Waals surface area contributed by atoms with Gasteiger partial charge in [0.15, 0.2) is 0 Å². The summed E-state index contributed by atoms with van der Waals surface area (Å²) in [6, 6.07) is 0. The number of aliphatic hydroxyl groups is 11. The molecule has 482 valence electrons.